The number of nitrogens with one attached hydrogen (secondary N) is 1. The first kappa shape index (κ1) is 27.0. The zero-order chi connectivity index (χ0) is 26.7. The van der Waals surface area contributed by atoms with Gasteiger partial charge >= 0.3 is 0 Å². The predicted octanol–water partition coefficient (Wildman–Crippen LogP) is 3.32. The van der Waals surface area contributed by atoms with Gasteiger partial charge in [-0.25, -0.2) is 4.98 Å². The number of benzene rings is 1. The Labute approximate surface area is 221 Å². The molecule has 0 unspecified atom stereocenters. The smallest absolute Gasteiger partial charge is 0.234 e. The molecule has 0 saturated carbocycles. The number of β-amino-alcohol motifs (C(OH)–C–C–N with tert-alkyl or cyclic N) is 1. The van der Waals surface area contributed by atoms with Gasteiger partial charge in [-0.05, 0) is 37.3 Å². The van der Waals surface area contributed by atoms with Gasteiger partial charge in [-0.1, -0.05) is 43.3 Å². The minimum atomic E-state index is -0.681. The lowest BCUT2D eigenvalue weighted by Crippen LogP contribution is -2.43. The quantitative estimate of drug-likeness (QED) is 0.390. The molecule has 4 atom stereocenters. The number of aryl methyl sites for hydroxylation is 2. The molecule has 37 heavy (non-hydrogen) atoms. The van der Waals surface area contributed by atoms with Crippen molar-refractivity contribution in [1.29, 1.82) is 0 Å². The molecule has 9 nitrogen and oxygen atoms in total. The summed E-state index contributed by atoms with van der Waals surface area (Å²) in [4.78, 5) is 33.7. The van der Waals surface area contributed by atoms with E-state index in [9.17, 15) is 14.7 Å². The number of aliphatic hydroxyl groups is 1. The van der Waals surface area contributed by atoms with E-state index in [1.165, 1.54) is 0 Å². The Kier molecular flexibility index (Phi) is 8.41. The average molecular weight is 526 g/mol. The van der Waals surface area contributed by atoms with Crippen molar-refractivity contribution in [3.05, 3.63) is 58.6 Å². The molecule has 1 aliphatic heterocycles. The van der Waals surface area contributed by atoms with Crippen molar-refractivity contribution in [3.8, 4) is 10.4 Å². The molecule has 1 aromatic carbocycles. The third kappa shape index (κ3) is 6.08. The van der Waals surface area contributed by atoms with Crippen LogP contribution in [0.25, 0.3) is 10.4 Å². The number of likely N-dealkylation sites (tertiary alicyclic amines) is 1. The number of carbonyl (C=O) groups excluding carboxylic acids is 2. The van der Waals surface area contributed by atoms with Gasteiger partial charge in [0, 0.05) is 31.6 Å². The van der Waals surface area contributed by atoms with Crippen LogP contribution in [0.3, 0.4) is 0 Å². The fourth-order valence-corrected chi connectivity index (χ4v) is 5.80. The number of amides is 2. The van der Waals surface area contributed by atoms with E-state index in [0.29, 0.717) is 17.9 Å². The van der Waals surface area contributed by atoms with Crippen LogP contribution >= 0.6 is 11.3 Å². The summed E-state index contributed by atoms with van der Waals surface area (Å²) in [5, 5.41) is 17.3. The maximum Gasteiger partial charge on any atom is 0.234 e. The Balaban J connectivity index is 1.43. The van der Waals surface area contributed by atoms with E-state index in [1.807, 2.05) is 57.5 Å². The molecule has 0 aliphatic carbocycles. The lowest BCUT2D eigenvalue weighted by atomic mass is 9.91. The van der Waals surface area contributed by atoms with Crippen LogP contribution in [-0.2, 0) is 9.59 Å². The van der Waals surface area contributed by atoms with E-state index < -0.39 is 18.1 Å². The summed E-state index contributed by atoms with van der Waals surface area (Å²) in [7, 11) is 0. The van der Waals surface area contributed by atoms with E-state index in [0.717, 1.165) is 21.7 Å². The van der Waals surface area contributed by atoms with Gasteiger partial charge in [-0.15, -0.1) is 11.3 Å². The minimum Gasteiger partial charge on any atom is -0.391 e. The van der Waals surface area contributed by atoms with E-state index in [4.69, 9.17) is 10.3 Å². The number of aliphatic hydroxyl groups excluding tert-OH is 1. The van der Waals surface area contributed by atoms with Crippen LogP contribution in [0, 0.1) is 19.8 Å². The van der Waals surface area contributed by atoms with Crippen LogP contribution in [0.5, 0.6) is 0 Å². The maximum atomic E-state index is 13.6. The van der Waals surface area contributed by atoms with Gasteiger partial charge in [0.2, 0.25) is 11.8 Å². The van der Waals surface area contributed by atoms with Gasteiger partial charge in [0.15, 0.2) is 0 Å². The minimum absolute atomic E-state index is 0.0367. The SMILES string of the molecule is Cc1cc([C@H](C(=O)N2C[C@H](O)C[C@H]2CC(=O)N[C@@H](CN)c2ccc(-c3scnc3C)cc2)C(C)C)on1. The van der Waals surface area contributed by atoms with Crippen LogP contribution in [0.15, 0.2) is 40.4 Å². The lowest BCUT2D eigenvalue weighted by molar-refractivity contribution is -0.136. The summed E-state index contributed by atoms with van der Waals surface area (Å²) >= 11 is 1.59. The van der Waals surface area contributed by atoms with Gasteiger partial charge in [0.05, 0.1) is 33.9 Å². The number of hydrogen-bond acceptors (Lipinski definition) is 8. The molecule has 0 spiro atoms. The summed E-state index contributed by atoms with van der Waals surface area (Å²) in [5.41, 5.74) is 11.5. The molecule has 198 valence electrons. The zero-order valence-electron chi connectivity index (χ0n) is 21.7. The third-order valence-corrected chi connectivity index (χ3v) is 7.85. The molecule has 1 aliphatic rings. The Bertz CT molecular complexity index is 1220. The Hall–Kier alpha value is -3.08. The van der Waals surface area contributed by atoms with Crippen molar-refractivity contribution >= 4 is 23.2 Å². The highest BCUT2D eigenvalue weighted by molar-refractivity contribution is 7.13. The topological polar surface area (TPSA) is 135 Å². The standard InChI is InChI=1S/C27H35N5O4S/c1-15(2)25(23-9-16(3)31-36-23)27(35)32-13-21(33)10-20(32)11-24(34)30-22(12-28)18-5-7-19(8-6-18)26-17(4)29-14-37-26/h5-9,14-15,20-22,25,33H,10-13,28H2,1-4H3,(H,30,34)/t20-,21+,22-,25+/m0/s1. The Morgan fingerprint density at radius 1 is 1.27 bits per heavy atom. The second kappa shape index (κ2) is 11.5. The largest absolute Gasteiger partial charge is 0.391 e. The number of rotatable bonds is 9. The number of aromatic nitrogens is 2. The van der Waals surface area contributed by atoms with Gasteiger partial charge in [-0.3, -0.25) is 9.59 Å². The number of nitrogens with zero attached hydrogens (tertiary/aromatic N) is 3. The second-order valence-corrected chi connectivity index (χ2v) is 10.9. The summed E-state index contributed by atoms with van der Waals surface area (Å²) in [5.74, 6) is -0.446. The molecule has 1 fully saturated rings. The molecular weight excluding hydrogens is 490 g/mol. The van der Waals surface area contributed by atoms with Crippen LogP contribution in [0.2, 0.25) is 0 Å². The highest BCUT2D eigenvalue weighted by Gasteiger charge is 2.41. The highest BCUT2D eigenvalue weighted by Crippen LogP contribution is 2.32. The van der Waals surface area contributed by atoms with Crippen LogP contribution in [0.1, 0.15) is 61.4 Å². The van der Waals surface area contributed by atoms with E-state index in [1.54, 1.807) is 22.3 Å². The first-order chi connectivity index (χ1) is 17.7. The van der Waals surface area contributed by atoms with Gasteiger partial charge in [0.25, 0.3) is 0 Å². The normalized spacial score (nSPS) is 19.3. The van der Waals surface area contributed by atoms with Gasteiger partial charge in [0.1, 0.15) is 11.7 Å². The van der Waals surface area contributed by atoms with E-state index in [2.05, 4.69) is 15.5 Å². The lowest BCUT2D eigenvalue weighted by Gasteiger charge is -2.29. The summed E-state index contributed by atoms with van der Waals surface area (Å²) in [6, 6.07) is 8.94. The van der Waals surface area contributed by atoms with E-state index in [-0.39, 0.29) is 43.3 Å². The van der Waals surface area contributed by atoms with Crippen molar-refractivity contribution in [2.24, 2.45) is 11.7 Å². The van der Waals surface area contributed by atoms with Crippen molar-refractivity contribution in [2.45, 2.75) is 64.6 Å². The summed E-state index contributed by atoms with van der Waals surface area (Å²) in [6.07, 6.45) is -0.258. The summed E-state index contributed by atoms with van der Waals surface area (Å²) < 4.78 is 5.41. The monoisotopic (exact) mass is 525 g/mol. The molecule has 0 bridgehead atoms. The molecule has 2 aromatic heterocycles. The van der Waals surface area contributed by atoms with Crippen molar-refractivity contribution in [1.82, 2.24) is 20.4 Å². The first-order valence-electron chi connectivity index (χ1n) is 12.6. The fourth-order valence-electron chi connectivity index (χ4n) is 4.99. The Morgan fingerprint density at radius 3 is 2.57 bits per heavy atom. The predicted molar refractivity (Wildman–Crippen MR) is 142 cm³/mol. The van der Waals surface area contributed by atoms with Crippen LogP contribution in [-0.4, -0.2) is 57.2 Å². The Morgan fingerprint density at radius 2 is 2.00 bits per heavy atom. The average Bonchev–Trinajstić information content (AvgIpc) is 3.57. The zero-order valence-corrected chi connectivity index (χ0v) is 22.5. The first-order valence-corrected chi connectivity index (χ1v) is 13.5. The molecule has 1 saturated heterocycles. The second-order valence-electron chi connectivity index (χ2n) is 10.1. The molecule has 4 N–H and O–H groups in total. The van der Waals surface area contributed by atoms with Crippen molar-refractivity contribution in [2.75, 3.05) is 13.1 Å². The molecule has 0 radical (unpaired) electrons. The molecule has 10 heteroatoms. The number of thiazole rings is 1. The van der Waals surface area contributed by atoms with Crippen LogP contribution in [0.4, 0.5) is 0 Å². The number of hydrogen-bond donors (Lipinski definition) is 3. The number of carbonyl (C=O) groups is 2. The fraction of sp³-hybridized carbons (Fsp3) is 0.481. The van der Waals surface area contributed by atoms with Crippen molar-refractivity contribution < 1.29 is 19.2 Å². The maximum absolute atomic E-state index is 13.6. The van der Waals surface area contributed by atoms with Crippen LogP contribution < -0.4 is 11.1 Å². The molecule has 3 aromatic rings. The van der Waals surface area contributed by atoms with Gasteiger partial charge < -0.3 is 25.6 Å². The molecular formula is C27H35N5O4S. The molecule has 3 heterocycles. The number of nitrogens with two attached hydrogens (primary N) is 1. The molecule has 4 rings (SSSR count). The third-order valence-electron chi connectivity index (χ3n) is 6.87. The van der Waals surface area contributed by atoms with Crippen molar-refractivity contribution in [3.63, 3.8) is 0 Å². The van der Waals surface area contributed by atoms with Gasteiger partial charge in [-0.2, -0.15) is 0 Å². The highest BCUT2D eigenvalue weighted by atomic mass is 32.1. The van der Waals surface area contributed by atoms with E-state index >= 15 is 0 Å². The summed E-state index contributed by atoms with van der Waals surface area (Å²) in [6.45, 7) is 8.10. The molecule has 2 amide bonds.